The molecular formula is C23H24N2O3S. The number of nitrogens with one attached hydrogen (secondary N) is 2. The fraction of sp³-hybridized carbons (Fsp3) is 0.174. The van der Waals surface area contributed by atoms with Crippen LogP contribution in [0.3, 0.4) is 0 Å². The third kappa shape index (κ3) is 5.03. The fourth-order valence-electron chi connectivity index (χ4n) is 3.14. The molecule has 6 heteroatoms. The molecule has 3 rings (SSSR count). The smallest absolute Gasteiger partial charge is 0.261 e. The van der Waals surface area contributed by atoms with Crippen molar-refractivity contribution in [1.29, 1.82) is 0 Å². The van der Waals surface area contributed by atoms with Crippen molar-refractivity contribution in [1.82, 2.24) is 5.32 Å². The molecule has 0 fully saturated rings. The highest BCUT2D eigenvalue weighted by molar-refractivity contribution is 7.92. The van der Waals surface area contributed by atoms with Crippen LogP contribution in [0.4, 0.5) is 5.69 Å². The molecule has 150 valence electrons. The van der Waals surface area contributed by atoms with Crippen LogP contribution >= 0.6 is 0 Å². The Morgan fingerprint density at radius 3 is 2.31 bits per heavy atom. The van der Waals surface area contributed by atoms with Gasteiger partial charge in [-0.25, -0.2) is 8.42 Å². The summed E-state index contributed by atoms with van der Waals surface area (Å²) < 4.78 is 27.9. The maximum absolute atomic E-state index is 12.8. The van der Waals surface area contributed by atoms with Crippen LogP contribution in [0.25, 0.3) is 0 Å². The lowest BCUT2D eigenvalue weighted by atomic mass is 9.99. The summed E-state index contributed by atoms with van der Waals surface area (Å²) >= 11 is 0. The molecule has 0 aliphatic rings. The number of anilines is 1. The van der Waals surface area contributed by atoms with E-state index in [1.165, 1.54) is 12.1 Å². The van der Waals surface area contributed by atoms with Crippen molar-refractivity contribution in [3.63, 3.8) is 0 Å². The fourth-order valence-corrected chi connectivity index (χ4v) is 4.25. The molecule has 0 aliphatic carbocycles. The van der Waals surface area contributed by atoms with E-state index in [4.69, 9.17) is 0 Å². The summed E-state index contributed by atoms with van der Waals surface area (Å²) in [6.45, 7) is 4.01. The number of amides is 1. The number of aryl methyl sites for hydroxylation is 1. The molecule has 0 unspecified atom stereocenters. The van der Waals surface area contributed by atoms with Gasteiger partial charge >= 0.3 is 0 Å². The minimum absolute atomic E-state index is 0.0398. The number of para-hydroxylation sites is 1. The van der Waals surface area contributed by atoms with Gasteiger partial charge in [-0.1, -0.05) is 55.5 Å². The molecule has 1 amide bonds. The average molecular weight is 409 g/mol. The Hall–Kier alpha value is -3.12. The van der Waals surface area contributed by atoms with Gasteiger partial charge in [-0.2, -0.15) is 0 Å². The Morgan fingerprint density at radius 1 is 0.931 bits per heavy atom. The van der Waals surface area contributed by atoms with Crippen molar-refractivity contribution in [2.75, 3.05) is 4.72 Å². The van der Waals surface area contributed by atoms with Gasteiger partial charge < -0.3 is 5.32 Å². The second kappa shape index (κ2) is 8.92. The van der Waals surface area contributed by atoms with E-state index in [1.54, 1.807) is 42.5 Å². The second-order valence-electron chi connectivity index (χ2n) is 6.79. The Kier molecular flexibility index (Phi) is 6.34. The van der Waals surface area contributed by atoms with Gasteiger partial charge in [0.1, 0.15) is 0 Å². The summed E-state index contributed by atoms with van der Waals surface area (Å²) in [6, 6.07) is 22.5. The largest absolute Gasteiger partial charge is 0.345 e. The van der Waals surface area contributed by atoms with Gasteiger partial charge in [-0.05, 0) is 54.8 Å². The second-order valence-corrected chi connectivity index (χ2v) is 8.47. The number of carbonyl (C=O) groups excluding carboxylic acids is 1. The highest BCUT2D eigenvalue weighted by Gasteiger charge is 2.19. The number of hydrogen-bond acceptors (Lipinski definition) is 3. The van der Waals surface area contributed by atoms with E-state index >= 15 is 0 Å². The van der Waals surface area contributed by atoms with Gasteiger partial charge in [-0.3, -0.25) is 9.52 Å². The summed E-state index contributed by atoms with van der Waals surface area (Å²) in [7, 11) is -3.79. The zero-order valence-electron chi connectivity index (χ0n) is 16.4. The quantitative estimate of drug-likeness (QED) is 0.596. The molecule has 0 heterocycles. The summed E-state index contributed by atoms with van der Waals surface area (Å²) in [5.74, 6) is -0.308. The molecule has 3 aromatic carbocycles. The Labute approximate surface area is 171 Å². The van der Waals surface area contributed by atoms with E-state index in [0.29, 0.717) is 11.3 Å². The SMILES string of the molecule is CC[C@H](NC(=O)c1cccc(S(=O)(=O)Nc2ccccc2)c1)c1ccccc1C. The first kappa shape index (κ1) is 20.6. The molecular weight excluding hydrogens is 384 g/mol. The molecule has 2 N–H and O–H groups in total. The minimum atomic E-state index is -3.79. The predicted molar refractivity (Wildman–Crippen MR) is 115 cm³/mol. The first-order chi connectivity index (χ1) is 13.9. The van der Waals surface area contributed by atoms with E-state index in [1.807, 2.05) is 38.1 Å². The standard InChI is InChI=1S/C23H24N2O3S/c1-3-22(21-15-8-7-10-17(21)2)24-23(26)18-11-9-14-20(16-18)29(27,28)25-19-12-5-4-6-13-19/h4-16,22,25H,3H2,1-2H3,(H,24,26)/t22-/m0/s1. The van der Waals surface area contributed by atoms with Crippen LogP contribution in [0.15, 0.2) is 83.8 Å². The number of benzene rings is 3. The van der Waals surface area contributed by atoms with Crippen molar-refractivity contribution in [3.05, 3.63) is 95.6 Å². The molecule has 0 saturated heterocycles. The van der Waals surface area contributed by atoms with Crippen molar-refractivity contribution in [2.24, 2.45) is 0 Å². The number of sulfonamides is 1. The molecule has 0 aromatic heterocycles. The maximum Gasteiger partial charge on any atom is 0.261 e. The minimum Gasteiger partial charge on any atom is -0.345 e. The lowest BCUT2D eigenvalue weighted by Crippen LogP contribution is -2.28. The van der Waals surface area contributed by atoms with E-state index in [2.05, 4.69) is 10.0 Å². The van der Waals surface area contributed by atoms with Crippen LogP contribution in [-0.4, -0.2) is 14.3 Å². The van der Waals surface area contributed by atoms with Gasteiger partial charge in [0.25, 0.3) is 15.9 Å². The Balaban J connectivity index is 1.81. The highest BCUT2D eigenvalue weighted by Crippen LogP contribution is 2.22. The summed E-state index contributed by atoms with van der Waals surface area (Å²) in [6.07, 6.45) is 0.726. The van der Waals surface area contributed by atoms with Crippen molar-refractivity contribution in [3.8, 4) is 0 Å². The molecule has 3 aromatic rings. The third-order valence-electron chi connectivity index (χ3n) is 4.71. The highest BCUT2D eigenvalue weighted by atomic mass is 32.2. The topological polar surface area (TPSA) is 75.3 Å². The summed E-state index contributed by atoms with van der Waals surface area (Å²) in [5.41, 5.74) is 2.92. The molecule has 29 heavy (non-hydrogen) atoms. The summed E-state index contributed by atoms with van der Waals surface area (Å²) in [4.78, 5) is 12.8. The number of carbonyl (C=O) groups is 1. The Morgan fingerprint density at radius 2 is 1.62 bits per heavy atom. The van der Waals surface area contributed by atoms with Gasteiger partial charge in [0.15, 0.2) is 0 Å². The number of hydrogen-bond donors (Lipinski definition) is 2. The van der Waals surface area contributed by atoms with Crippen LogP contribution in [0.1, 0.15) is 40.9 Å². The van der Waals surface area contributed by atoms with Crippen molar-refractivity contribution >= 4 is 21.6 Å². The van der Waals surface area contributed by atoms with Crippen LogP contribution in [0.5, 0.6) is 0 Å². The van der Waals surface area contributed by atoms with E-state index in [9.17, 15) is 13.2 Å². The van der Waals surface area contributed by atoms with Crippen LogP contribution < -0.4 is 10.0 Å². The van der Waals surface area contributed by atoms with E-state index in [0.717, 1.165) is 17.5 Å². The molecule has 0 saturated carbocycles. The molecule has 5 nitrogen and oxygen atoms in total. The van der Waals surface area contributed by atoms with Gasteiger partial charge in [0.05, 0.1) is 10.9 Å². The van der Waals surface area contributed by atoms with Crippen molar-refractivity contribution in [2.45, 2.75) is 31.2 Å². The molecule has 1 atom stereocenters. The summed E-state index contributed by atoms with van der Waals surface area (Å²) in [5, 5.41) is 3.01. The number of rotatable bonds is 7. The van der Waals surface area contributed by atoms with Gasteiger partial charge in [-0.15, -0.1) is 0 Å². The Bertz CT molecular complexity index is 1100. The molecule has 0 aliphatic heterocycles. The maximum atomic E-state index is 12.8. The van der Waals surface area contributed by atoms with E-state index < -0.39 is 10.0 Å². The van der Waals surface area contributed by atoms with Crippen molar-refractivity contribution < 1.29 is 13.2 Å². The van der Waals surface area contributed by atoms with E-state index in [-0.39, 0.29) is 16.8 Å². The first-order valence-corrected chi connectivity index (χ1v) is 10.9. The lowest BCUT2D eigenvalue weighted by Gasteiger charge is -2.19. The van der Waals surface area contributed by atoms with Crippen LogP contribution in [0.2, 0.25) is 0 Å². The van der Waals surface area contributed by atoms with Gasteiger partial charge in [0, 0.05) is 11.3 Å². The van der Waals surface area contributed by atoms with Gasteiger partial charge in [0.2, 0.25) is 0 Å². The third-order valence-corrected chi connectivity index (χ3v) is 6.09. The molecule has 0 radical (unpaired) electrons. The predicted octanol–water partition coefficient (Wildman–Crippen LogP) is 4.68. The zero-order chi connectivity index (χ0) is 20.9. The molecule has 0 bridgehead atoms. The first-order valence-electron chi connectivity index (χ1n) is 9.45. The lowest BCUT2D eigenvalue weighted by molar-refractivity contribution is 0.0935. The molecule has 0 spiro atoms. The average Bonchev–Trinajstić information content (AvgIpc) is 2.73. The van der Waals surface area contributed by atoms with Crippen LogP contribution in [-0.2, 0) is 10.0 Å². The zero-order valence-corrected chi connectivity index (χ0v) is 17.2. The normalized spacial score (nSPS) is 12.2. The monoisotopic (exact) mass is 408 g/mol. The van der Waals surface area contributed by atoms with Crippen LogP contribution in [0, 0.1) is 6.92 Å².